The van der Waals surface area contributed by atoms with Gasteiger partial charge in [-0.1, -0.05) is 26.0 Å². The SMILES string of the molecule is CC(C)CC1(C(CCN2C(=O)c3ccccc3C2=O)C(N)=O)CCN(O)C1=O. The van der Waals surface area contributed by atoms with Gasteiger partial charge in [-0.05, 0) is 37.3 Å². The Kier molecular flexibility index (Phi) is 5.25. The van der Waals surface area contributed by atoms with Crippen molar-refractivity contribution in [1.82, 2.24) is 9.96 Å². The number of rotatable bonds is 7. The van der Waals surface area contributed by atoms with E-state index in [0.29, 0.717) is 29.0 Å². The number of imide groups is 1. The van der Waals surface area contributed by atoms with Crippen LogP contribution in [0.2, 0.25) is 0 Å². The van der Waals surface area contributed by atoms with Gasteiger partial charge in [-0.3, -0.25) is 29.3 Å². The largest absolute Gasteiger partial charge is 0.369 e. The van der Waals surface area contributed by atoms with Crippen LogP contribution in [0.1, 0.15) is 53.8 Å². The Balaban J connectivity index is 1.84. The van der Waals surface area contributed by atoms with Gasteiger partial charge in [0.25, 0.3) is 17.7 Å². The Bertz CT molecular complexity index is 802. The van der Waals surface area contributed by atoms with E-state index in [1.807, 2.05) is 13.8 Å². The lowest BCUT2D eigenvalue weighted by atomic mass is 9.67. The fourth-order valence-electron chi connectivity index (χ4n) is 4.55. The molecular weight excluding hydrogens is 362 g/mol. The van der Waals surface area contributed by atoms with Crippen molar-refractivity contribution in [2.75, 3.05) is 13.1 Å². The first-order chi connectivity index (χ1) is 13.2. The van der Waals surface area contributed by atoms with E-state index in [4.69, 9.17) is 5.73 Å². The van der Waals surface area contributed by atoms with Gasteiger partial charge in [-0.2, -0.15) is 0 Å². The Hall–Kier alpha value is -2.74. The number of amides is 4. The Morgan fingerprint density at radius 2 is 1.75 bits per heavy atom. The maximum absolute atomic E-state index is 12.7. The zero-order valence-corrected chi connectivity index (χ0v) is 16.1. The molecule has 2 aliphatic heterocycles. The molecule has 2 aliphatic rings. The van der Waals surface area contributed by atoms with Crippen LogP contribution in [0.4, 0.5) is 0 Å². The molecule has 8 nitrogen and oxygen atoms in total. The molecule has 0 aliphatic carbocycles. The van der Waals surface area contributed by atoms with Crippen molar-refractivity contribution in [2.45, 2.75) is 33.1 Å². The first-order valence-corrected chi connectivity index (χ1v) is 9.44. The van der Waals surface area contributed by atoms with Crippen LogP contribution in [0.15, 0.2) is 24.3 Å². The molecule has 0 aromatic heterocycles. The van der Waals surface area contributed by atoms with Gasteiger partial charge in [-0.15, -0.1) is 0 Å². The first-order valence-electron chi connectivity index (χ1n) is 9.44. The molecule has 2 unspecified atom stereocenters. The summed E-state index contributed by atoms with van der Waals surface area (Å²) in [6, 6.07) is 6.55. The molecule has 0 bridgehead atoms. The molecule has 1 aromatic rings. The smallest absolute Gasteiger partial charge is 0.261 e. The van der Waals surface area contributed by atoms with E-state index in [1.165, 1.54) is 0 Å². The van der Waals surface area contributed by atoms with Gasteiger partial charge >= 0.3 is 0 Å². The molecule has 28 heavy (non-hydrogen) atoms. The number of hydrogen-bond donors (Lipinski definition) is 2. The highest BCUT2D eigenvalue weighted by Crippen LogP contribution is 2.45. The molecule has 150 valence electrons. The highest BCUT2D eigenvalue weighted by atomic mass is 16.5. The maximum Gasteiger partial charge on any atom is 0.261 e. The molecule has 3 N–H and O–H groups in total. The zero-order chi connectivity index (χ0) is 20.6. The van der Waals surface area contributed by atoms with Crippen molar-refractivity contribution in [3.8, 4) is 0 Å². The average Bonchev–Trinajstić information content (AvgIpc) is 3.05. The maximum atomic E-state index is 12.7. The fraction of sp³-hybridized carbons (Fsp3) is 0.500. The van der Waals surface area contributed by atoms with Gasteiger partial charge in [0.05, 0.1) is 22.5 Å². The van der Waals surface area contributed by atoms with Crippen LogP contribution in [0.5, 0.6) is 0 Å². The van der Waals surface area contributed by atoms with Gasteiger partial charge < -0.3 is 5.73 Å². The molecule has 1 fully saturated rings. The van der Waals surface area contributed by atoms with Crippen LogP contribution in [-0.4, -0.2) is 51.9 Å². The van der Waals surface area contributed by atoms with Gasteiger partial charge in [-0.25, -0.2) is 5.06 Å². The van der Waals surface area contributed by atoms with Crippen molar-refractivity contribution in [2.24, 2.45) is 23.0 Å². The summed E-state index contributed by atoms with van der Waals surface area (Å²) in [7, 11) is 0. The minimum atomic E-state index is -1.12. The summed E-state index contributed by atoms with van der Waals surface area (Å²) >= 11 is 0. The van der Waals surface area contributed by atoms with E-state index < -0.39 is 35.0 Å². The van der Waals surface area contributed by atoms with E-state index in [-0.39, 0.29) is 25.4 Å². The van der Waals surface area contributed by atoms with E-state index in [1.54, 1.807) is 24.3 Å². The second-order valence-corrected chi connectivity index (χ2v) is 7.98. The van der Waals surface area contributed by atoms with Crippen molar-refractivity contribution in [3.05, 3.63) is 35.4 Å². The lowest BCUT2D eigenvalue weighted by molar-refractivity contribution is -0.168. The standard InChI is InChI=1S/C20H25N3O5/c1-12(2)11-20(8-10-23(28)19(20)27)15(16(21)24)7-9-22-17(25)13-5-3-4-6-14(13)18(22)26/h3-6,12,15,28H,7-11H2,1-2H3,(H2,21,24). The molecule has 1 saturated heterocycles. The molecule has 8 heteroatoms. The third-order valence-electron chi connectivity index (χ3n) is 5.73. The highest BCUT2D eigenvalue weighted by molar-refractivity contribution is 6.21. The third-order valence-corrected chi connectivity index (χ3v) is 5.73. The minimum Gasteiger partial charge on any atom is -0.369 e. The first kappa shape index (κ1) is 20.0. The van der Waals surface area contributed by atoms with Crippen molar-refractivity contribution < 1.29 is 24.4 Å². The number of carbonyl (C=O) groups is 4. The number of fused-ring (bicyclic) bond motifs is 1. The highest BCUT2D eigenvalue weighted by Gasteiger charge is 2.54. The van der Waals surface area contributed by atoms with Gasteiger partial charge in [0, 0.05) is 13.1 Å². The van der Waals surface area contributed by atoms with Crippen LogP contribution >= 0.6 is 0 Å². The van der Waals surface area contributed by atoms with Crippen molar-refractivity contribution in [3.63, 3.8) is 0 Å². The Morgan fingerprint density at radius 3 is 2.18 bits per heavy atom. The normalized spacial score (nSPS) is 22.9. The number of nitrogens with zero attached hydrogens (tertiary/aromatic N) is 2. The molecule has 0 spiro atoms. The van der Waals surface area contributed by atoms with E-state index in [9.17, 15) is 24.4 Å². The summed E-state index contributed by atoms with van der Waals surface area (Å²) < 4.78 is 0. The molecule has 4 amide bonds. The molecule has 0 saturated carbocycles. The van der Waals surface area contributed by atoms with Crippen LogP contribution in [0.25, 0.3) is 0 Å². The summed E-state index contributed by atoms with van der Waals surface area (Å²) in [6.45, 7) is 3.97. The molecule has 3 rings (SSSR count). The third kappa shape index (κ3) is 3.17. The number of hydroxylamine groups is 2. The lowest BCUT2D eigenvalue weighted by Crippen LogP contribution is -2.47. The van der Waals surface area contributed by atoms with Crippen LogP contribution < -0.4 is 5.73 Å². The van der Waals surface area contributed by atoms with Crippen molar-refractivity contribution >= 4 is 23.6 Å². The topological polar surface area (TPSA) is 121 Å². The number of primary amides is 1. The Morgan fingerprint density at radius 1 is 1.18 bits per heavy atom. The second kappa shape index (κ2) is 7.35. The van der Waals surface area contributed by atoms with E-state index >= 15 is 0 Å². The summed E-state index contributed by atoms with van der Waals surface area (Å²) in [6.07, 6.45) is 0.766. The summed E-state index contributed by atoms with van der Waals surface area (Å²) in [5, 5.41) is 10.5. The molecule has 2 heterocycles. The number of hydrogen-bond acceptors (Lipinski definition) is 5. The van der Waals surface area contributed by atoms with E-state index in [0.717, 1.165) is 4.90 Å². The monoisotopic (exact) mass is 387 g/mol. The van der Waals surface area contributed by atoms with Gasteiger partial charge in [0.1, 0.15) is 0 Å². The zero-order valence-electron chi connectivity index (χ0n) is 16.1. The molecule has 0 radical (unpaired) electrons. The fourth-order valence-corrected chi connectivity index (χ4v) is 4.55. The second-order valence-electron chi connectivity index (χ2n) is 7.98. The summed E-state index contributed by atoms with van der Waals surface area (Å²) in [5.74, 6) is -2.81. The van der Waals surface area contributed by atoms with Gasteiger partial charge in [0.2, 0.25) is 5.91 Å². The van der Waals surface area contributed by atoms with Crippen LogP contribution in [-0.2, 0) is 9.59 Å². The van der Waals surface area contributed by atoms with Gasteiger partial charge in [0.15, 0.2) is 0 Å². The summed E-state index contributed by atoms with van der Waals surface area (Å²) in [5.41, 5.74) is 5.19. The van der Waals surface area contributed by atoms with Crippen LogP contribution in [0.3, 0.4) is 0 Å². The lowest BCUT2D eigenvalue weighted by Gasteiger charge is -2.35. The number of benzene rings is 1. The molecular formula is C20H25N3O5. The summed E-state index contributed by atoms with van der Waals surface area (Å²) in [4.78, 5) is 51.2. The predicted octanol–water partition coefficient (Wildman–Crippen LogP) is 1.43. The van der Waals surface area contributed by atoms with Crippen LogP contribution in [0, 0.1) is 17.3 Å². The average molecular weight is 387 g/mol. The molecule has 2 atom stereocenters. The predicted molar refractivity (Wildman–Crippen MR) is 99.1 cm³/mol. The Labute approximate surface area is 163 Å². The van der Waals surface area contributed by atoms with E-state index in [2.05, 4.69) is 0 Å². The van der Waals surface area contributed by atoms with Crippen molar-refractivity contribution in [1.29, 1.82) is 0 Å². The number of carbonyl (C=O) groups excluding carboxylic acids is 4. The quantitative estimate of drug-likeness (QED) is 0.541. The number of nitrogens with two attached hydrogens (primary N) is 1. The minimum absolute atomic E-state index is 0.0154. The molecule has 1 aromatic carbocycles.